The van der Waals surface area contributed by atoms with E-state index in [2.05, 4.69) is 28.7 Å². The summed E-state index contributed by atoms with van der Waals surface area (Å²) in [6.45, 7) is 6.79. The lowest BCUT2D eigenvalue weighted by Crippen LogP contribution is -2.31. The van der Waals surface area contributed by atoms with Crippen molar-refractivity contribution < 1.29 is 5.11 Å². The number of hydrogen-bond acceptors (Lipinski definition) is 4. The fourth-order valence-electron chi connectivity index (χ4n) is 2.71. The van der Waals surface area contributed by atoms with Crippen molar-refractivity contribution in [2.24, 2.45) is 0 Å². The van der Waals surface area contributed by atoms with Crippen LogP contribution in [-0.4, -0.2) is 26.5 Å². The Hall–Kier alpha value is -1.65. The molecule has 1 aliphatic rings. The van der Waals surface area contributed by atoms with Crippen molar-refractivity contribution in [2.45, 2.75) is 39.3 Å². The third-order valence-corrected chi connectivity index (χ3v) is 4.33. The van der Waals surface area contributed by atoms with Gasteiger partial charge >= 0.3 is 0 Å². The van der Waals surface area contributed by atoms with Crippen molar-refractivity contribution in [3.05, 3.63) is 52.1 Å². The van der Waals surface area contributed by atoms with Crippen molar-refractivity contribution in [1.82, 2.24) is 14.9 Å². The van der Waals surface area contributed by atoms with E-state index in [0.29, 0.717) is 10.9 Å². The average Bonchev–Trinajstić information content (AvgIpc) is 2.49. The summed E-state index contributed by atoms with van der Waals surface area (Å²) in [5.74, 6) is 1.49. The maximum Gasteiger partial charge on any atom is 0.131 e. The molecule has 0 saturated heterocycles. The highest BCUT2D eigenvalue weighted by atomic mass is 35.5. The molecular formula is C17H20ClN3O. The Kier molecular flexibility index (Phi) is 4.32. The minimum Gasteiger partial charge on any atom is -0.508 e. The number of aromatic nitrogens is 2. The molecule has 1 aromatic carbocycles. The van der Waals surface area contributed by atoms with Crippen LogP contribution in [0.3, 0.4) is 0 Å². The molecule has 0 radical (unpaired) electrons. The molecule has 2 aromatic rings. The van der Waals surface area contributed by atoms with Gasteiger partial charge in [-0.15, -0.1) is 0 Å². The topological polar surface area (TPSA) is 49.2 Å². The lowest BCUT2D eigenvalue weighted by molar-refractivity contribution is 0.242. The molecule has 0 bridgehead atoms. The van der Waals surface area contributed by atoms with Crippen LogP contribution in [0.2, 0.25) is 5.02 Å². The molecule has 2 heterocycles. The predicted molar refractivity (Wildman–Crippen MR) is 87.1 cm³/mol. The Labute approximate surface area is 135 Å². The van der Waals surface area contributed by atoms with Crippen molar-refractivity contribution in [1.29, 1.82) is 0 Å². The number of aromatic hydroxyl groups is 1. The van der Waals surface area contributed by atoms with Gasteiger partial charge in [0.2, 0.25) is 0 Å². The van der Waals surface area contributed by atoms with Crippen LogP contribution >= 0.6 is 11.6 Å². The van der Waals surface area contributed by atoms with Crippen LogP contribution in [0.5, 0.6) is 5.75 Å². The molecule has 1 aromatic heterocycles. The van der Waals surface area contributed by atoms with Crippen LogP contribution in [0.4, 0.5) is 0 Å². The average molecular weight is 318 g/mol. The summed E-state index contributed by atoms with van der Waals surface area (Å²) in [4.78, 5) is 11.5. The van der Waals surface area contributed by atoms with Crippen molar-refractivity contribution in [3.8, 4) is 5.75 Å². The van der Waals surface area contributed by atoms with Gasteiger partial charge in [-0.05, 0) is 17.7 Å². The maximum atomic E-state index is 9.43. The van der Waals surface area contributed by atoms with Crippen LogP contribution in [-0.2, 0) is 19.5 Å². The molecule has 0 fully saturated rings. The van der Waals surface area contributed by atoms with Gasteiger partial charge in [0, 0.05) is 54.4 Å². The summed E-state index contributed by atoms with van der Waals surface area (Å²) in [7, 11) is 0. The summed E-state index contributed by atoms with van der Waals surface area (Å²) in [6.07, 6.45) is 2.90. The number of fused-ring (bicyclic) bond motifs is 1. The molecule has 1 N–H and O–H groups in total. The van der Waals surface area contributed by atoms with E-state index in [4.69, 9.17) is 11.6 Å². The van der Waals surface area contributed by atoms with Gasteiger partial charge in [0.05, 0.1) is 0 Å². The molecule has 1 aliphatic heterocycles. The van der Waals surface area contributed by atoms with Crippen LogP contribution in [0.15, 0.2) is 24.4 Å². The molecule has 0 atom stereocenters. The molecule has 3 rings (SSSR count). The third kappa shape index (κ3) is 3.23. The maximum absolute atomic E-state index is 9.43. The van der Waals surface area contributed by atoms with E-state index >= 15 is 0 Å². The monoisotopic (exact) mass is 317 g/mol. The largest absolute Gasteiger partial charge is 0.508 e. The van der Waals surface area contributed by atoms with E-state index in [1.165, 1.54) is 11.3 Å². The van der Waals surface area contributed by atoms with Gasteiger partial charge in [-0.2, -0.15) is 0 Å². The van der Waals surface area contributed by atoms with E-state index in [1.807, 2.05) is 12.3 Å². The minimum absolute atomic E-state index is 0.201. The first-order chi connectivity index (χ1) is 10.5. The van der Waals surface area contributed by atoms with E-state index in [1.54, 1.807) is 12.1 Å². The zero-order chi connectivity index (χ0) is 15.7. The second-order valence-electron chi connectivity index (χ2n) is 6.09. The Morgan fingerprint density at radius 1 is 1.36 bits per heavy atom. The number of nitrogens with zero attached hydrogens (tertiary/aromatic N) is 3. The van der Waals surface area contributed by atoms with E-state index in [-0.39, 0.29) is 5.75 Å². The van der Waals surface area contributed by atoms with Crippen molar-refractivity contribution in [2.75, 3.05) is 6.54 Å². The Bertz CT molecular complexity index is 688. The first-order valence-electron chi connectivity index (χ1n) is 7.57. The second-order valence-corrected chi connectivity index (χ2v) is 6.50. The molecule has 22 heavy (non-hydrogen) atoms. The van der Waals surface area contributed by atoms with E-state index in [0.717, 1.165) is 37.4 Å². The molecule has 5 heteroatoms. The smallest absolute Gasteiger partial charge is 0.131 e. The molecule has 0 unspecified atom stereocenters. The Morgan fingerprint density at radius 2 is 2.18 bits per heavy atom. The molecule has 0 aliphatic carbocycles. The van der Waals surface area contributed by atoms with E-state index in [9.17, 15) is 5.11 Å². The summed E-state index contributed by atoms with van der Waals surface area (Å²) < 4.78 is 0. The highest BCUT2D eigenvalue weighted by Gasteiger charge is 2.19. The van der Waals surface area contributed by atoms with Crippen molar-refractivity contribution in [3.63, 3.8) is 0 Å². The zero-order valence-electron chi connectivity index (χ0n) is 12.9. The van der Waals surface area contributed by atoms with E-state index < -0.39 is 0 Å². The SMILES string of the molecule is CC(C)c1ncc2c(n1)CCN(Cc1ccc(O)cc1Cl)C2. The quantitative estimate of drug-likeness (QED) is 0.941. The lowest BCUT2D eigenvalue weighted by Gasteiger charge is -2.28. The molecule has 0 spiro atoms. The number of benzene rings is 1. The summed E-state index contributed by atoms with van der Waals surface area (Å²) in [5, 5.41) is 10.0. The van der Waals surface area contributed by atoms with Gasteiger partial charge in [-0.1, -0.05) is 31.5 Å². The molecular weight excluding hydrogens is 298 g/mol. The lowest BCUT2D eigenvalue weighted by atomic mass is 10.1. The van der Waals surface area contributed by atoms with Crippen LogP contribution in [0, 0.1) is 0 Å². The van der Waals surface area contributed by atoms with Crippen LogP contribution in [0.1, 0.15) is 42.4 Å². The van der Waals surface area contributed by atoms with Gasteiger partial charge in [-0.25, -0.2) is 9.97 Å². The first kappa shape index (κ1) is 15.3. The normalized spacial score (nSPS) is 15.1. The van der Waals surface area contributed by atoms with Crippen LogP contribution < -0.4 is 0 Å². The fourth-order valence-corrected chi connectivity index (χ4v) is 2.94. The summed E-state index contributed by atoms with van der Waals surface area (Å²) in [5.41, 5.74) is 3.40. The molecule has 116 valence electrons. The fraction of sp³-hybridized carbons (Fsp3) is 0.412. The molecule has 4 nitrogen and oxygen atoms in total. The number of halogens is 1. The van der Waals surface area contributed by atoms with Gasteiger partial charge in [0.25, 0.3) is 0 Å². The predicted octanol–water partition coefficient (Wildman–Crippen LogP) is 3.52. The first-order valence-corrected chi connectivity index (χ1v) is 7.95. The summed E-state index contributed by atoms with van der Waals surface area (Å²) >= 11 is 6.19. The Morgan fingerprint density at radius 3 is 2.91 bits per heavy atom. The third-order valence-electron chi connectivity index (χ3n) is 3.98. The molecule has 0 amide bonds. The number of rotatable bonds is 3. The van der Waals surface area contributed by atoms with Gasteiger partial charge in [0.15, 0.2) is 0 Å². The van der Waals surface area contributed by atoms with Gasteiger partial charge in [0.1, 0.15) is 11.6 Å². The Balaban J connectivity index is 1.74. The second kappa shape index (κ2) is 6.23. The number of hydrogen-bond donors (Lipinski definition) is 1. The highest BCUT2D eigenvalue weighted by Crippen LogP contribution is 2.25. The van der Waals surface area contributed by atoms with Gasteiger partial charge in [-0.3, -0.25) is 4.90 Å². The standard InChI is InChI=1S/C17H20ClN3O/c1-11(2)17-19-8-13-10-21(6-5-16(13)20-17)9-12-3-4-14(22)7-15(12)18/h3-4,7-8,11,22H,5-6,9-10H2,1-2H3. The highest BCUT2D eigenvalue weighted by molar-refractivity contribution is 6.31. The zero-order valence-corrected chi connectivity index (χ0v) is 13.6. The summed E-state index contributed by atoms with van der Waals surface area (Å²) in [6, 6.07) is 5.15. The van der Waals surface area contributed by atoms with Crippen molar-refractivity contribution >= 4 is 11.6 Å². The minimum atomic E-state index is 0.201. The number of phenols is 1. The number of phenolic OH excluding ortho intramolecular Hbond substituents is 1. The van der Waals surface area contributed by atoms with Crippen LogP contribution in [0.25, 0.3) is 0 Å². The van der Waals surface area contributed by atoms with Gasteiger partial charge < -0.3 is 5.11 Å². The molecule has 0 saturated carbocycles.